The number of hydrogen-bond acceptors (Lipinski definition) is 3. The second-order valence-electron chi connectivity index (χ2n) is 4.73. The molecule has 1 N–H and O–H groups in total. The van der Waals surface area contributed by atoms with Gasteiger partial charge in [0.1, 0.15) is 0 Å². The molecule has 1 heterocycles. The van der Waals surface area contributed by atoms with Crippen molar-refractivity contribution in [3.63, 3.8) is 0 Å². The summed E-state index contributed by atoms with van der Waals surface area (Å²) in [6.07, 6.45) is 0.171. The summed E-state index contributed by atoms with van der Waals surface area (Å²) in [5.74, 6) is 0.531. The fraction of sp³-hybridized carbons (Fsp3) is 1.00. The Bertz CT molecular complexity index is 320. The quantitative estimate of drug-likeness (QED) is 0.772. The average Bonchev–Trinajstić information content (AvgIpc) is 2.21. The van der Waals surface area contributed by atoms with E-state index in [-0.39, 0.29) is 24.1 Å². The first-order chi connectivity index (χ1) is 7.36. The first-order valence-corrected chi connectivity index (χ1v) is 7.73. The molecule has 0 amide bonds. The molecule has 1 rings (SSSR count). The number of nitrogens with zero attached hydrogens (tertiary/aromatic N) is 1. The minimum absolute atomic E-state index is 0.0526. The molecule has 1 aliphatic rings. The molecule has 0 aromatic rings. The highest BCUT2D eigenvalue weighted by atomic mass is 35.5. The summed E-state index contributed by atoms with van der Waals surface area (Å²) in [5.41, 5.74) is 0. The predicted molar refractivity (Wildman–Crippen MR) is 65.0 cm³/mol. The summed E-state index contributed by atoms with van der Waals surface area (Å²) in [7, 11) is -3.26. The molecule has 1 fully saturated rings. The van der Waals surface area contributed by atoms with Gasteiger partial charge in [0, 0.05) is 19.0 Å². The zero-order valence-electron chi connectivity index (χ0n) is 9.76. The summed E-state index contributed by atoms with van der Waals surface area (Å²) < 4.78 is 25.3. The van der Waals surface area contributed by atoms with Crippen LogP contribution in [0.15, 0.2) is 0 Å². The number of alkyl halides is 1. The summed E-state index contributed by atoms with van der Waals surface area (Å²) >= 11 is 5.62. The molecule has 6 heteroatoms. The summed E-state index contributed by atoms with van der Waals surface area (Å²) in [6, 6.07) is 0. The Hall–Kier alpha value is 0.160. The highest BCUT2D eigenvalue weighted by Gasteiger charge is 2.32. The third-order valence-electron chi connectivity index (χ3n) is 3.03. The third-order valence-corrected chi connectivity index (χ3v) is 5.67. The Labute approximate surface area is 103 Å². The Kier molecular flexibility index (Phi) is 5.04. The number of sulfonamides is 1. The van der Waals surface area contributed by atoms with Crippen LogP contribution >= 0.6 is 11.6 Å². The predicted octanol–water partition coefficient (Wildman–Crippen LogP) is 0.894. The van der Waals surface area contributed by atoms with Crippen molar-refractivity contribution >= 4 is 21.6 Å². The molecule has 3 atom stereocenters. The summed E-state index contributed by atoms with van der Waals surface area (Å²) in [6.45, 7) is 4.48. The van der Waals surface area contributed by atoms with Gasteiger partial charge in [-0.2, -0.15) is 4.31 Å². The molecule has 0 aliphatic carbocycles. The SMILES string of the molecule is CC(CCl)CS(=O)(=O)N1CCC(C)C(O)C1. The molecule has 16 heavy (non-hydrogen) atoms. The monoisotopic (exact) mass is 269 g/mol. The molecule has 0 aromatic carbocycles. The van der Waals surface area contributed by atoms with Crippen LogP contribution in [0, 0.1) is 11.8 Å². The van der Waals surface area contributed by atoms with Gasteiger partial charge in [-0.1, -0.05) is 13.8 Å². The molecule has 96 valence electrons. The number of halogens is 1. The fourth-order valence-electron chi connectivity index (χ4n) is 1.78. The highest BCUT2D eigenvalue weighted by Crippen LogP contribution is 2.20. The molecular formula is C10H20ClNO3S. The van der Waals surface area contributed by atoms with Crippen molar-refractivity contribution in [2.45, 2.75) is 26.4 Å². The van der Waals surface area contributed by atoms with Gasteiger partial charge in [0.05, 0.1) is 11.9 Å². The Morgan fingerprint density at radius 1 is 1.56 bits per heavy atom. The largest absolute Gasteiger partial charge is 0.391 e. The lowest BCUT2D eigenvalue weighted by molar-refractivity contribution is 0.0604. The summed E-state index contributed by atoms with van der Waals surface area (Å²) in [5, 5.41) is 9.67. The fourth-order valence-corrected chi connectivity index (χ4v) is 3.83. The van der Waals surface area contributed by atoms with Crippen LogP contribution in [0.4, 0.5) is 0 Å². The van der Waals surface area contributed by atoms with Crippen molar-refractivity contribution in [1.82, 2.24) is 4.31 Å². The van der Waals surface area contributed by atoms with Crippen molar-refractivity contribution in [1.29, 1.82) is 0 Å². The van der Waals surface area contributed by atoms with E-state index in [2.05, 4.69) is 0 Å². The maximum atomic E-state index is 12.0. The molecule has 0 radical (unpaired) electrons. The number of rotatable bonds is 4. The van der Waals surface area contributed by atoms with Gasteiger partial charge in [-0.3, -0.25) is 0 Å². The van der Waals surface area contributed by atoms with Gasteiger partial charge in [0.25, 0.3) is 0 Å². The number of aliphatic hydroxyl groups is 1. The highest BCUT2D eigenvalue weighted by molar-refractivity contribution is 7.89. The van der Waals surface area contributed by atoms with Crippen LogP contribution in [0.1, 0.15) is 20.3 Å². The maximum absolute atomic E-state index is 12.0. The van der Waals surface area contributed by atoms with E-state index < -0.39 is 16.1 Å². The molecule has 1 aliphatic heterocycles. The third kappa shape index (κ3) is 3.58. The van der Waals surface area contributed by atoms with E-state index in [1.807, 2.05) is 13.8 Å². The second-order valence-corrected chi connectivity index (χ2v) is 7.05. The van der Waals surface area contributed by atoms with Crippen molar-refractivity contribution in [2.24, 2.45) is 11.8 Å². The van der Waals surface area contributed by atoms with E-state index in [0.717, 1.165) is 6.42 Å². The van der Waals surface area contributed by atoms with Crippen LogP contribution in [0.25, 0.3) is 0 Å². The van der Waals surface area contributed by atoms with Crippen LogP contribution in [0.2, 0.25) is 0 Å². The van der Waals surface area contributed by atoms with Crippen molar-refractivity contribution in [2.75, 3.05) is 24.7 Å². The van der Waals surface area contributed by atoms with E-state index in [1.165, 1.54) is 4.31 Å². The number of aliphatic hydroxyl groups excluding tert-OH is 1. The number of hydrogen-bond donors (Lipinski definition) is 1. The van der Waals surface area contributed by atoms with Gasteiger partial charge in [-0.05, 0) is 18.3 Å². The van der Waals surface area contributed by atoms with Crippen LogP contribution in [0.5, 0.6) is 0 Å². The Morgan fingerprint density at radius 2 is 2.19 bits per heavy atom. The molecule has 0 aromatic heterocycles. The maximum Gasteiger partial charge on any atom is 0.214 e. The second kappa shape index (κ2) is 5.67. The molecule has 0 bridgehead atoms. The van der Waals surface area contributed by atoms with Crippen LogP contribution in [-0.2, 0) is 10.0 Å². The topological polar surface area (TPSA) is 57.6 Å². The lowest BCUT2D eigenvalue weighted by atomic mass is 9.98. The minimum Gasteiger partial charge on any atom is -0.391 e. The van der Waals surface area contributed by atoms with E-state index in [0.29, 0.717) is 12.4 Å². The molecule has 0 spiro atoms. The Balaban J connectivity index is 2.63. The van der Waals surface area contributed by atoms with Gasteiger partial charge in [-0.25, -0.2) is 8.42 Å². The van der Waals surface area contributed by atoms with Gasteiger partial charge >= 0.3 is 0 Å². The van der Waals surface area contributed by atoms with E-state index >= 15 is 0 Å². The van der Waals surface area contributed by atoms with Crippen molar-refractivity contribution in [3.05, 3.63) is 0 Å². The van der Waals surface area contributed by atoms with Gasteiger partial charge in [0.15, 0.2) is 0 Å². The standard InChI is InChI=1S/C10H20ClNO3S/c1-8(5-11)7-16(14,15)12-4-3-9(2)10(13)6-12/h8-10,13H,3-7H2,1-2H3. The van der Waals surface area contributed by atoms with Crippen LogP contribution in [0.3, 0.4) is 0 Å². The summed E-state index contributed by atoms with van der Waals surface area (Å²) in [4.78, 5) is 0. The number of piperidine rings is 1. The normalized spacial score (nSPS) is 30.2. The van der Waals surface area contributed by atoms with E-state index in [9.17, 15) is 13.5 Å². The van der Waals surface area contributed by atoms with Gasteiger partial charge < -0.3 is 5.11 Å². The number of β-amino-alcohol motifs (C(OH)–C–C–N with tert-alkyl or cyclic N) is 1. The molecular weight excluding hydrogens is 250 g/mol. The van der Waals surface area contributed by atoms with Crippen molar-refractivity contribution in [3.8, 4) is 0 Å². The molecule has 0 saturated carbocycles. The van der Waals surface area contributed by atoms with Crippen molar-refractivity contribution < 1.29 is 13.5 Å². The first-order valence-electron chi connectivity index (χ1n) is 5.58. The zero-order chi connectivity index (χ0) is 12.3. The van der Waals surface area contributed by atoms with Crippen LogP contribution < -0.4 is 0 Å². The van der Waals surface area contributed by atoms with Crippen LogP contribution in [-0.4, -0.2) is 48.7 Å². The average molecular weight is 270 g/mol. The Morgan fingerprint density at radius 3 is 2.69 bits per heavy atom. The first kappa shape index (κ1) is 14.2. The lowest BCUT2D eigenvalue weighted by Gasteiger charge is -2.33. The van der Waals surface area contributed by atoms with Gasteiger partial charge in [0.2, 0.25) is 10.0 Å². The molecule has 4 nitrogen and oxygen atoms in total. The minimum atomic E-state index is -3.26. The van der Waals surface area contributed by atoms with E-state index in [4.69, 9.17) is 11.6 Å². The smallest absolute Gasteiger partial charge is 0.214 e. The zero-order valence-corrected chi connectivity index (χ0v) is 11.3. The van der Waals surface area contributed by atoms with E-state index in [1.54, 1.807) is 0 Å². The molecule has 1 saturated heterocycles. The lowest BCUT2D eigenvalue weighted by Crippen LogP contribution is -2.47. The molecule has 3 unspecified atom stereocenters. The van der Waals surface area contributed by atoms with Gasteiger partial charge in [-0.15, -0.1) is 11.6 Å².